The SMILES string of the molecule is CCCCNc1ccccc1C(=O)N1CC[C@H](CCCO)C1. The summed E-state index contributed by atoms with van der Waals surface area (Å²) in [5, 5.41) is 12.3. The summed E-state index contributed by atoms with van der Waals surface area (Å²) in [5.74, 6) is 0.669. The average Bonchev–Trinajstić information content (AvgIpc) is 3.02. The Kier molecular flexibility index (Phi) is 6.72. The van der Waals surface area contributed by atoms with Crippen molar-refractivity contribution in [2.45, 2.75) is 39.0 Å². The third-order valence-electron chi connectivity index (χ3n) is 4.35. The van der Waals surface area contributed by atoms with Gasteiger partial charge < -0.3 is 15.3 Å². The van der Waals surface area contributed by atoms with Crippen molar-refractivity contribution in [1.82, 2.24) is 4.90 Å². The molecule has 0 aromatic heterocycles. The van der Waals surface area contributed by atoms with Crippen LogP contribution in [0.25, 0.3) is 0 Å². The number of aliphatic hydroxyl groups excluding tert-OH is 1. The maximum Gasteiger partial charge on any atom is 0.255 e. The second-order valence-corrected chi connectivity index (χ2v) is 6.10. The van der Waals surface area contributed by atoms with Gasteiger partial charge in [0.25, 0.3) is 5.91 Å². The molecule has 1 fully saturated rings. The lowest BCUT2D eigenvalue weighted by molar-refractivity contribution is 0.0787. The topological polar surface area (TPSA) is 52.6 Å². The van der Waals surface area contributed by atoms with Crippen LogP contribution in [-0.2, 0) is 0 Å². The van der Waals surface area contributed by atoms with Crippen LogP contribution in [0.2, 0.25) is 0 Å². The Bertz CT molecular complexity index is 476. The maximum atomic E-state index is 12.8. The Labute approximate surface area is 133 Å². The van der Waals surface area contributed by atoms with Crippen LogP contribution in [0.1, 0.15) is 49.4 Å². The predicted molar refractivity (Wildman–Crippen MR) is 90.2 cm³/mol. The molecular formula is C18H28N2O2. The molecule has 1 amide bonds. The van der Waals surface area contributed by atoms with Crippen LogP contribution < -0.4 is 5.32 Å². The Morgan fingerprint density at radius 1 is 1.36 bits per heavy atom. The first-order valence-corrected chi connectivity index (χ1v) is 8.49. The minimum absolute atomic E-state index is 0.131. The van der Waals surface area contributed by atoms with Gasteiger partial charge in [-0.15, -0.1) is 0 Å². The molecule has 0 aliphatic carbocycles. The van der Waals surface area contributed by atoms with Gasteiger partial charge in [-0.05, 0) is 43.7 Å². The van der Waals surface area contributed by atoms with E-state index in [0.717, 1.165) is 63.0 Å². The van der Waals surface area contributed by atoms with Crippen molar-refractivity contribution >= 4 is 11.6 Å². The Hall–Kier alpha value is -1.55. The second kappa shape index (κ2) is 8.79. The molecule has 1 aromatic rings. The highest BCUT2D eigenvalue weighted by molar-refractivity contribution is 5.99. The molecule has 2 N–H and O–H groups in total. The van der Waals surface area contributed by atoms with E-state index in [2.05, 4.69) is 12.2 Å². The molecule has 0 spiro atoms. The molecule has 1 aromatic carbocycles. The fourth-order valence-corrected chi connectivity index (χ4v) is 3.03. The van der Waals surface area contributed by atoms with E-state index < -0.39 is 0 Å². The molecule has 122 valence electrons. The maximum absolute atomic E-state index is 12.8. The summed E-state index contributed by atoms with van der Waals surface area (Å²) < 4.78 is 0. The van der Waals surface area contributed by atoms with Gasteiger partial charge in [-0.1, -0.05) is 25.5 Å². The van der Waals surface area contributed by atoms with Gasteiger partial charge in [0.1, 0.15) is 0 Å². The molecule has 1 aliphatic rings. The Morgan fingerprint density at radius 2 is 2.18 bits per heavy atom. The first-order chi connectivity index (χ1) is 10.8. The van der Waals surface area contributed by atoms with Gasteiger partial charge in [-0.3, -0.25) is 4.79 Å². The lowest BCUT2D eigenvalue weighted by Crippen LogP contribution is -2.29. The van der Waals surface area contributed by atoms with E-state index in [9.17, 15) is 4.79 Å². The average molecular weight is 304 g/mol. The summed E-state index contributed by atoms with van der Waals surface area (Å²) >= 11 is 0. The van der Waals surface area contributed by atoms with Crippen molar-refractivity contribution in [3.8, 4) is 0 Å². The number of para-hydroxylation sites is 1. The number of amides is 1. The number of hydrogen-bond acceptors (Lipinski definition) is 3. The van der Waals surface area contributed by atoms with Crippen molar-refractivity contribution in [1.29, 1.82) is 0 Å². The van der Waals surface area contributed by atoms with Crippen LogP contribution in [0.4, 0.5) is 5.69 Å². The molecule has 1 saturated heterocycles. The van der Waals surface area contributed by atoms with E-state index in [1.165, 1.54) is 0 Å². The predicted octanol–water partition coefficient (Wildman–Crippen LogP) is 3.13. The summed E-state index contributed by atoms with van der Waals surface area (Å²) in [7, 11) is 0. The van der Waals surface area contributed by atoms with E-state index in [0.29, 0.717) is 5.92 Å². The van der Waals surface area contributed by atoms with Crippen molar-refractivity contribution < 1.29 is 9.90 Å². The van der Waals surface area contributed by atoms with Crippen molar-refractivity contribution in [2.75, 3.05) is 31.6 Å². The summed E-state index contributed by atoms with van der Waals surface area (Å²) in [6.45, 7) is 4.96. The first-order valence-electron chi connectivity index (χ1n) is 8.49. The number of nitrogens with one attached hydrogen (secondary N) is 1. The van der Waals surface area contributed by atoms with Crippen LogP contribution in [0, 0.1) is 5.92 Å². The molecule has 0 saturated carbocycles. The number of rotatable bonds is 8. The van der Waals surface area contributed by atoms with Gasteiger partial charge in [-0.25, -0.2) is 0 Å². The zero-order valence-electron chi connectivity index (χ0n) is 13.6. The third-order valence-corrected chi connectivity index (χ3v) is 4.35. The molecule has 1 heterocycles. The number of anilines is 1. The van der Waals surface area contributed by atoms with Crippen LogP contribution >= 0.6 is 0 Å². The van der Waals surface area contributed by atoms with Gasteiger partial charge in [0.2, 0.25) is 0 Å². The Morgan fingerprint density at radius 3 is 2.95 bits per heavy atom. The molecule has 0 bridgehead atoms. The largest absolute Gasteiger partial charge is 0.396 e. The van der Waals surface area contributed by atoms with Crippen molar-refractivity contribution in [3.05, 3.63) is 29.8 Å². The molecular weight excluding hydrogens is 276 g/mol. The number of hydrogen-bond donors (Lipinski definition) is 2. The molecule has 22 heavy (non-hydrogen) atoms. The highest BCUT2D eigenvalue weighted by atomic mass is 16.2. The number of carbonyl (C=O) groups excluding carboxylic acids is 1. The fraction of sp³-hybridized carbons (Fsp3) is 0.611. The molecule has 1 atom stereocenters. The highest BCUT2D eigenvalue weighted by Gasteiger charge is 2.27. The van der Waals surface area contributed by atoms with Gasteiger partial charge in [0.15, 0.2) is 0 Å². The minimum Gasteiger partial charge on any atom is -0.396 e. The van der Waals surface area contributed by atoms with Crippen molar-refractivity contribution in [3.63, 3.8) is 0 Å². The summed E-state index contributed by atoms with van der Waals surface area (Å²) in [6.07, 6.45) is 5.15. The monoisotopic (exact) mass is 304 g/mol. The molecule has 1 aliphatic heterocycles. The van der Waals surface area contributed by atoms with Gasteiger partial charge in [0, 0.05) is 31.9 Å². The van der Waals surface area contributed by atoms with E-state index >= 15 is 0 Å². The van der Waals surface area contributed by atoms with E-state index in [1.54, 1.807) is 0 Å². The summed E-state index contributed by atoms with van der Waals surface area (Å²) in [6, 6.07) is 7.80. The number of aliphatic hydroxyl groups is 1. The fourth-order valence-electron chi connectivity index (χ4n) is 3.03. The van der Waals surface area contributed by atoms with E-state index in [1.807, 2.05) is 29.2 Å². The van der Waals surface area contributed by atoms with Crippen LogP contribution in [0.15, 0.2) is 24.3 Å². The van der Waals surface area contributed by atoms with Crippen LogP contribution in [-0.4, -0.2) is 42.2 Å². The van der Waals surface area contributed by atoms with Crippen LogP contribution in [0.5, 0.6) is 0 Å². The molecule has 4 heteroatoms. The number of carbonyl (C=O) groups is 1. The smallest absolute Gasteiger partial charge is 0.255 e. The highest BCUT2D eigenvalue weighted by Crippen LogP contribution is 2.25. The molecule has 2 rings (SSSR count). The van der Waals surface area contributed by atoms with Crippen LogP contribution in [0.3, 0.4) is 0 Å². The standard InChI is InChI=1S/C18H28N2O2/c1-2-3-11-19-17-9-5-4-8-16(17)18(22)20-12-10-15(14-20)7-6-13-21/h4-5,8-9,15,19,21H,2-3,6-7,10-14H2,1H3/t15-/m0/s1. The summed E-state index contributed by atoms with van der Waals surface area (Å²) in [4.78, 5) is 14.7. The number of unbranched alkanes of at least 4 members (excludes halogenated alkanes) is 1. The molecule has 4 nitrogen and oxygen atoms in total. The van der Waals surface area contributed by atoms with Crippen molar-refractivity contribution in [2.24, 2.45) is 5.92 Å². The molecule has 0 radical (unpaired) electrons. The van der Waals surface area contributed by atoms with Gasteiger partial charge in [-0.2, -0.15) is 0 Å². The third kappa shape index (κ3) is 4.47. The number of likely N-dealkylation sites (tertiary alicyclic amines) is 1. The number of nitrogens with zero attached hydrogens (tertiary/aromatic N) is 1. The zero-order chi connectivity index (χ0) is 15.8. The lowest BCUT2D eigenvalue weighted by Gasteiger charge is -2.19. The lowest BCUT2D eigenvalue weighted by atomic mass is 10.0. The Balaban J connectivity index is 1.97. The van der Waals surface area contributed by atoms with Gasteiger partial charge in [0.05, 0.1) is 5.56 Å². The van der Waals surface area contributed by atoms with E-state index in [-0.39, 0.29) is 12.5 Å². The second-order valence-electron chi connectivity index (χ2n) is 6.10. The normalized spacial score (nSPS) is 17.7. The first kappa shape index (κ1) is 16.8. The summed E-state index contributed by atoms with van der Waals surface area (Å²) in [5.41, 5.74) is 1.72. The molecule has 0 unspecified atom stereocenters. The number of benzene rings is 1. The quantitative estimate of drug-likeness (QED) is 0.726. The van der Waals surface area contributed by atoms with E-state index in [4.69, 9.17) is 5.11 Å². The van der Waals surface area contributed by atoms with Gasteiger partial charge >= 0.3 is 0 Å². The minimum atomic E-state index is 0.131. The zero-order valence-corrected chi connectivity index (χ0v) is 13.6.